The number of nitrogens with zero attached hydrogens (tertiary/aromatic N) is 2. The molecule has 9 nitrogen and oxygen atoms in total. The minimum atomic E-state index is -0.679. The Balaban J connectivity index is 1.38. The van der Waals surface area contributed by atoms with Gasteiger partial charge in [0.15, 0.2) is 5.58 Å². The summed E-state index contributed by atoms with van der Waals surface area (Å²) in [5.41, 5.74) is 4.11. The van der Waals surface area contributed by atoms with Gasteiger partial charge in [0.2, 0.25) is 0 Å². The summed E-state index contributed by atoms with van der Waals surface area (Å²) < 4.78 is 18.1. The van der Waals surface area contributed by atoms with Crippen LogP contribution in [-0.4, -0.2) is 55.0 Å². The zero-order chi connectivity index (χ0) is 24.8. The number of nitrogens with one attached hydrogen (secondary N) is 2. The summed E-state index contributed by atoms with van der Waals surface area (Å²) in [6, 6.07) is 14.9. The Hall–Kier alpha value is -3.45. The second-order valence-corrected chi connectivity index (χ2v) is 8.59. The maximum Gasteiger partial charge on any atom is 0.419 e. The molecule has 1 fully saturated rings. The molecule has 3 aromatic rings. The van der Waals surface area contributed by atoms with Gasteiger partial charge in [-0.15, -0.1) is 0 Å². The van der Waals surface area contributed by atoms with Crippen LogP contribution in [0.4, 0.5) is 0 Å². The summed E-state index contributed by atoms with van der Waals surface area (Å²) in [6.45, 7) is 4.02. The lowest BCUT2D eigenvalue weighted by Gasteiger charge is -2.26. The van der Waals surface area contributed by atoms with Crippen LogP contribution in [0.3, 0.4) is 0 Å². The van der Waals surface area contributed by atoms with E-state index in [9.17, 15) is 14.9 Å². The highest BCUT2D eigenvalue weighted by molar-refractivity contribution is 5.82. The predicted molar refractivity (Wildman–Crippen MR) is 131 cm³/mol. The molecule has 184 valence electrons. The number of benzene rings is 2. The molecular weight excluding hydrogens is 448 g/mol. The van der Waals surface area contributed by atoms with Gasteiger partial charge in [0.05, 0.1) is 24.3 Å². The standard InChI is InChI=1S/C26H30N4O5/c1-3-33-21-10-11-28-15-24(34-16-21)25(31)29-20(14-27)12-17-4-6-18(7-5-17)19-8-9-23-22(13-19)30(2)26(32)35-23/h4-9,13,20-21,24,28H,3,10-12,15-16H2,1-2H3,(H,29,31). The van der Waals surface area contributed by atoms with E-state index in [4.69, 9.17) is 13.9 Å². The maximum absolute atomic E-state index is 12.8. The molecular formula is C26H30N4O5. The van der Waals surface area contributed by atoms with Crippen molar-refractivity contribution < 1.29 is 18.7 Å². The first-order chi connectivity index (χ1) is 17.0. The van der Waals surface area contributed by atoms with Gasteiger partial charge in [-0.3, -0.25) is 9.36 Å². The van der Waals surface area contributed by atoms with E-state index in [-0.39, 0.29) is 12.0 Å². The predicted octanol–water partition coefficient (Wildman–Crippen LogP) is 2.13. The van der Waals surface area contributed by atoms with Crippen molar-refractivity contribution in [1.29, 1.82) is 5.26 Å². The molecule has 9 heteroatoms. The Labute approximate surface area is 203 Å². The Kier molecular flexibility index (Phi) is 7.98. The van der Waals surface area contributed by atoms with E-state index < -0.39 is 17.9 Å². The number of carbonyl (C=O) groups is 1. The summed E-state index contributed by atoms with van der Waals surface area (Å²) >= 11 is 0. The molecule has 2 N–H and O–H groups in total. The molecule has 1 saturated heterocycles. The molecule has 3 atom stereocenters. The monoisotopic (exact) mass is 478 g/mol. The van der Waals surface area contributed by atoms with E-state index in [1.807, 2.05) is 43.3 Å². The van der Waals surface area contributed by atoms with Gasteiger partial charge < -0.3 is 24.5 Å². The number of hydrogen-bond donors (Lipinski definition) is 2. The third kappa shape index (κ3) is 5.98. The first-order valence-corrected chi connectivity index (χ1v) is 11.8. The van der Waals surface area contributed by atoms with Crippen LogP contribution in [0.1, 0.15) is 18.9 Å². The van der Waals surface area contributed by atoms with Crippen LogP contribution in [-0.2, 0) is 27.7 Å². The van der Waals surface area contributed by atoms with Crippen molar-refractivity contribution >= 4 is 17.0 Å². The number of carbonyl (C=O) groups excluding carboxylic acids is 1. The zero-order valence-corrected chi connectivity index (χ0v) is 20.0. The largest absolute Gasteiger partial charge is 0.419 e. The number of amides is 1. The zero-order valence-electron chi connectivity index (χ0n) is 20.0. The van der Waals surface area contributed by atoms with Gasteiger partial charge in [-0.1, -0.05) is 30.3 Å². The molecule has 35 heavy (non-hydrogen) atoms. The Morgan fingerprint density at radius 2 is 2.06 bits per heavy atom. The average molecular weight is 479 g/mol. The minimum Gasteiger partial charge on any atom is -0.408 e. The number of ether oxygens (including phenoxy) is 2. The summed E-state index contributed by atoms with van der Waals surface area (Å²) in [5.74, 6) is -0.705. The molecule has 2 heterocycles. The second kappa shape index (κ2) is 11.3. The molecule has 0 radical (unpaired) electrons. The lowest BCUT2D eigenvalue weighted by molar-refractivity contribution is -0.137. The molecule has 3 unspecified atom stereocenters. The van der Waals surface area contributed by atoms with Crippen LogP contribution in [0.5, 0.6) is 0 Å². The van der Waals surface area contributed by atoms with Gasteiger partial charge >= 0.3 is 5.76 Å². The van der Waals surface area contributed by atoms with Gasteiger partial charge in [0, 0.05) is 26.6 Å². The molecule has 0 saturated carbocycles. The molecule has 0 spiro atoms. The molecule has 1 aromatic heterocycles. The Morgan fingerprint density at radius 3 is 2.80 bits per heavy atom. The van der Waals surface area contributed by atoms with Crippen molar-refractivity contribution in [2.24, 2.45) is 7.05 Å². The maximum atomic E-state index is 12.8. The van der Waals surface area contributed by atoms with E-state index >= 15 is 0 Å². The highest BCUT2D eigenvalue weighted by Crippen LogP contribution is 2.24. The number of oxazole rings is 1. The summed E-state index contributed by atoms with van der Waals surface area (Å²) in [5, 5.41) is 15.6. The molecule has 2 aromatic carbocycles. The number of nitriles is 1. The number of fused-ring (bicyclic) bond motifs is 1. The van der Waals surface area contributed by atoms with E-state index in [1.54, 1.807) is 13.1 Å². The molecule has 1 aliphatic heterocycles. The molecule has 1 aliphatic rings. The number of hydrogen-bond acceptors (Lipinski definition) is 7. The van der Waals surface area contributed by atoms with Crippen LogP contribution in [0.2, 0.25) is 0 Å². The second-order valence-electron chi connectivity index (χ2n) is 8.59. The van der Waals surface area contributed by atoms with E-state index in [0.717, 1.165) is 35.2 Å². The molecule has 0 aliphatic carbocycles. The first-order valence-electron chi connectivity index (χ1n) is 11.8. The number of rotatable bonds is 7. The SMILES string of the molecule is CCOC1CCNCC(C(=O)NC(C#N)Cc2ccc(-c3ccc4oc(=O)n(C)c4c3)cc2)OC1. The van der Waals surface area contributed by atoms with E-state index in [2.05, 4.69) is 16.7 Å². The summed E-state index contributed by atoms with van der Waals surface area (Å²) in [6.07, 6.45) is 0.477. The Morgan fingerprint density at radius 1 is 1.29 bits per heavy atom. The normalized spacial score (nSPS) is 19.5. The lowest BCUT2D eigenvalue weighted by atomic mass is 10.0. The molecule has 1 amide bonds. The third-order valence-corrected chi connectivity index (χ3v) is 6.14. The van der Waals surface area contributed by atoms with Crippen molar-refractivity contribution in [2.75, 3.05) is 26.3 Å². The van der Waals surface area contributed by atoms with Crippen molar-refractivity contribution in [1.82, 2.24) is 15.2 Å². The van der Waals surface area contributed by atoms with Crippen molar-refractivity contribution in [3.8, 4) is 17.2 Å². The van der Waals surface area contributed by atoms with Gasteiger partial charge in [-0.05, 0) is 48.7 Å². The van der Waals surface area contributed by atoms with Gasteiger partial charge in [0.1, 0.15) is 12.1 Å². The van der Waals surface area contributed by atoms with Crippen LogP contribution in [0, 0.1) is 11.3 Å². The summed E-state index contributed by atoms with van der Waals surface area (Å²) in [4.78, 5) is 24.5. The van der Waals surface area contributed by atoms with E-state index in [0.29, 0.717) is 31.8 Å². The lowest BCUT2D eigenvalue weighted by Crippen LogP contribution is -2.49. The summed E-state index contributed by atoms with van der Waals surface area (Å²) in [7, 11) is 1.67. The van der Waals surface area contributed by atoms with Gasteiger partial charge in [-0.25, -0.2) is 4.79 Å². The van der Waals surface area contributed by atoms with Crippen LogP contribution in [0.15, 0.2) is 51.7 Å². The minimum absolute atomic E-state index is 0.0486. The number of aryl methyl sites for hydroxylation is 1. The van der Waals surface area contributed by atoms with Gasteiger partial charge in [0.25, 0.3) is 5.91 Å². The first kappa shape index (κ1) is 24.7. The topological polar surface area (TPSA) is 119 Å². The quantitative estimate of drug-likeness (QED) is 0.534. The van der Waals surface area contributed by atoms with Crippen molar-refractivity contribution in [3.63, 3.8) is 0 Å². The fraction of sp³-hybridized carbons (Fsp3) is 0.423. The van der Waals surface area contributed by atoms with Crippen LogP contribution < -0.4 is 16.4 Å². The average Bonchev–Trinajstić information content (AvgIpc) is 3.13. The van der Waals surface area contributed by atoms with Crippen molar-refractivity contribution in [2.45, 2.75) is 38.0 Å². The Bertz CT molecular complexity index is 1260. The smallest absolute Gasteiger partial charge is 0.408 e. The van der Waals surface area contributed by atoms with Crippen LogP contribution in [0.25, 0.3) is 22.2 Å². The highest BCUT2D eigenvalue weighted by Gasteiger charge is 2.25. The fourth-order valence-electron chi connectivity index (χ4n) is 4.17. The third-order valence-electron chi connectivity index (χ3n) is 6.14. The molecule has 4 rings (SSSR count). The highest BCUT2D eigenvalue weighted by atomic mass is 16.5. The van der Waals surface area contributed by atoms with Crippen molar-refractivity contribution in [3.05, 3.63) is 58.6 Å². The fourth-order valence-corrected chi connectivity index (χ4v) is 4.17. The number of aromatic nitrogens is 1. The van der Waals surface area contributed by atoms with Crippen LogP contribution >= 0.6 is 0 Å². The van der Waals surface area contributed by atoms with E-state index in [1.165, 1.54) is 4.57 Å². The van der Waals surface area contributed by atoms with Gasteiger partial charge in [-0.2, -0.15) is 5.26 Å². The molecule has 0 bridgehead atoms.